The molecule has 0 saturated carbocycles. The van der Waals surface area contributed by atoms with Crippen molar-refractivity contribution in [3.8, 4) is 0 Å². The fraction of sp³-hybridized carbons (Fsp3) is 0.778. The van der Waals surface area contributed by atoms with Crippen molar-refractivity contribution in [3.05, 3.63) is 0 Å². The van der Waals surface area contributed by atoms with Gasteiger partial charge in [0.05, 0.1) is 0 Å². The van der Waals surface area contributed by atoms with Crippen molar-refractivity contribution in [2.24, 2.45) is 5.73 Å². The van der Waals surface area contributed by atoms with Crippen molar-refractivity contribution in [2.45, 2.75) is 38.3 Å². The van der Waals surface area contributed by atoms with Crippen LogP contribution in [0.5, 0.6) is 0 Å². The average molecular weight is 199 g/mol. The molecular weight excluding hydrogens is 182 g/mol. The molecule has 4 N–H and O–H groups in total. The zero-order valence-electron chi connectivity index (χ0n) is 8.38. The number of amides is 2. The number of carbonyl (C=O) groups is 2. The van der Waals surface area contributed by atoms with Crippen LogP contribution in [0.4, 0.5) is 0 Å². The van der Waals surface area contributed by atoms with Crippen LogP contribution in [-0.4, -0.2) is 30.4 Å². The number of unbranched alkanes of at least 4 members (excludes halogenated alkanes) is 1. The SMILES string of the molecule is C[C@@H]1NC(=O)[C@H](CCCCN)NC1=O. The van der Waals surface area contributed by atoms with Gasteiger partial charge in [0, 0.05) is 0 Å². The highest BCUT2D eigenvalue weighted by Crippen LogP contribution is 2.05. The monoisotopic (exact) mass is 199 g/mol. The van der Waals surface area contributed by atoms with Crippen LogP contribution in [0.25, 0.3) is 0 Å². The Bertz CT molecular complexity index is 230. The highest BCUT2D eigenvalue weighted by molar-refractivity contribution is 5.96. The Kier molecular flexibility index (Phi) is 3.88. The normalized spacial score (nSPS) is 27.0. The van der Waals surface area contributed by atoms with Crippen molar-refractivity contribution < 1.29 is 9.59 Å². The molecule has 0 unspecified atom stereocenters. The van der Waals surface area contributed by atoms with Crippen LogP contribution in [0.3, 0.4) is 0 Å². The van der Waals surface area contributed by atoms with Crippen molar-refractivity contribution in [3.63, 3.8) is 0 Å². The number of hydrogen-bond acceptors (Lipinski definition) is 3. The molecule has 80 valence electrons. The summed E-state index contributed by atoms with van der Waals surface area (Å²) in [5.74, 6) is -0.198. The van der Waals surface area contributed by atoms with E-state index in [4.69, 9.17) is 5.73 Å². The van der Waals surface area contributed by atoms with Gasteiger partial charge in [-0.1, -0.05) is 0 Å². The second kappa shape index (κ2) is 4.95. The first kappa shape index (κ1) is 11.0. The molecule has 0 aromatic heterocycles. The van der Waals surface area contributed by atoms with Gasteiger partial charge < -0.3 is 16.4 Å². The quantitative estimate of drug-likeness (QED) is 0.514. The van der Waals surface area contributed by atoms with E-state index in [1.807, 2.05) is 0 Å². The highest BCUT2D eigenvalue weighted by Gasteiger charge is 2.29. The van der Waals surface area contributed by atoms with Crippen LogP contribution in [0, 0.1) is 0 Å². The second-order valence-corrected chi connectivity index (χ2v) is 3.58. The number of nitrogens with one attached hydrogen (secondary N) is 2. The van der Waals surface area contributed by atoms with E-state index in [1.165, 1.54) is 0 Å². The largest absolute Gasteiger partial charge is 0.343 e. The fourth-order valence-corrected chi connectivity index (χ4v) is 1.44. The van der Waals surface area contributed by atoms with Gasteiger partial charge >= 0.3 is 0 Å². The van der Waals surface area contributed by atoms with Gasteiger partial charge in [-0.25, -0.2) is 0 Å². The first-order valence-electron chi connectivity index (χ1n) is 4.96. The smallest absolute Gasteiger partial charge is 0.243 e. The van der Waals surface area contributed by atoms with Crippen LogP contribution in [0.1, 0.15) is 26.2 Å². The fourth-order valence-electron chi connectivity index (χ4n) is 1.44. The maximum absolute atomic E-state index is 11.4. The summed E-state index contributed by atoms with van der Waals surface area (Å²) < 4.78 is 0. The highest BCUT2D eigenvalue weighted by atomic mass is 16.2. The number of carbonyl (C=O) groups excluding carboxylic acids is 2. The van der Waals surface area contributed by atoms with Crippen molar-refractivity contribution in [2.75, 3.05) is 6.54 Å². The van der Waals surface area contributed by atoms with E-state index in [9.17, 15) is 9.59 Å². The number of hydrogen-bond donors (Lipinski definition) is 3. The van der Waals surface area contributed by atoms with E-state index < -0.39 is 6.04 Å². The Morgan fingerprint density at radius 2 is 1.93 bits per heavy atom. The van der Waals surface area contributed by atoms with Gasteiger partial charge in [0.25, 0.3) is 0 Å². The first-order valence-corrected chi connectivity index (χ1v) is 4.96. The molecule has 0 aromatic rings. The lowest BCUT2D eigenvalue weighted by Gasteiger charge is -2.27. The minimum atomic E-state index is -0.409. The summed E-state index contributed by atoms with van der Waals surface area (Å²) in [7, 11) is 0. The molecule has 0 bridgehead atoms. The molecule has 1 aliphatic heterocycles. The minimum absolute atomic E-state index is 0.0888. The maximum Gasteiger partial charge on any atom is 0.243 e. The molecule has 0 aromatic carbocycles. The van der Waals surface area contributed by atoms with Crippen LogP contribution < -0.4 is 16.4 Å². The molecule has 2 atom stereocenters. The lowest BCUT2D eigenvalue weighted by atomic mass is 10.1. The molecule has 0 aliphatic carbocycles. The molecule has 1 fully saturated rings. The third kappa shape index (κ3) is 2.70. The Morgan fingerprint density at radius 3 is 2.57 bits per heavy atom. The number of piperazine rings is 1. The standard InChI is InChI=1S/C9H17N3O2/c1-6-8(13)12-7(9(14)11-6)4-2-3-5-10/h6-7H,2-5,10H2,1H3,(H,11,14)(H,12,13)/t6-,7-/m0/s1. The lowest BCUT2D eigenvalue weighted by Crippen LogP contribution is -2.60. The van der Waals surface area contributed by atoms with E-state index in [0.717, 1.165) is 12.8 Å². The molecular formula is C9H17N3O2. The lowest BCUT2D eigenvalue weighted by molar-refractivity contribution is -0.136. The van der Waals surface area contributed by atoms with E-state index in [2.05, 4.69) is 10.6 Å². The summed E-state index contributed by atoms with van der Waals surface area (Å²) in [6, 6.07) is -0.779. The Morgan fingerprint density at radius 1 is 1.21 bits per heavy atom. The van der Waals surface area contributed by atoms with E-state index >= 15 is 0 Å². The van der Waals surface area contributed by atoms with Gasteiger partial charge in [-0.2, -0.15) is 0 Å². The topological polar surface area (TPSA) is 84.2 Å². The maximum atomic E-state index is 11.4. The van der Waals surface area contributed by atoms with Gasteiger partial charge in [-0.05, 0) is 32.7 Å². The first-order chi connectivity index (χ1) is 6.65. The Labute approximate surface area is 83.4 Å². The molecule has 1 rings (SSSR count). The summed E-state index contributed by atoms with van der Waals surface area (Å²) in [6.45, 7) is 2.29. The van der Waals surface area contributed by atoms with Crippen LogP contribution in [0.15, 0.2) is 0 Å². The van der Waals surface area contributed by atoms with E-state index in [0.29, 0.717) is 13.0 Å². The molecule has 1 heterocycles. The molecule has 5 nitrogen and oxygen atoms in total. The molecule has 0 radical (unpaired) electrons. The third-order valence-corrected chi connectivity index (χ3v) is 2.33. The zero-order valence-corrected chi connectivity index (χ0v) is 8.38. The van der Waals surface area contributed by atoms with Gasteiger partial charge in [-0.15, -0.1) is 0 Å². The van der Waals surface area contributed by atoms with Gasteiger partial charge in [0.1, 0.15) is 12.1 Å². The van der Waals surface area contributed by atoms with Crippen LogP contribution >= 0.6 is 0 Å². The molecule has 14 heavy (non-hydrogen) atoms. The van der Waals surface area contributed by atoms with Crippen molar-refractivity contribution >= 4 is 11.8 Å². The summed E-state index contributed by atoms with van der Waals surface area (Å²) in [5, 5.41) is 5.31. The van der Waals surface area contributed by atoms with Gasteiger partial charge in [0.15, 0.2) is 0 Å². The Hall–Kier alpha value is -1.10. The summed E-state index contributed by atoms with van der Waals surface area (Å²) >= 11 is 0. The Balaban J connectivity index is 2.37. The van der Waals surface area contributed by atoms with E-state index in [1.54, 1.807) is 6.92 Å². The van der Waals surface area contributed by atoms with Crippen molar-refractivity contribution in [1.82, 2.24) is 10.6 Å². The number of nitrogens with two attached hydrogens (primary N) is 1. The van der Waals surface area contributed by atoms with Crippen molar-refractivity contribution in [1.29, 1.82) is 0 Å². The molecule has 2 amide bonds. The second-order valence-electron chi connectivity index (χ2n) is 3.58. The average Bonchev–Trinajstić information content (AvgIpc) is 2.14. The predicted octanol–water partition coefficient (Wildman–Crippen LogP) is -0.881. The molecule has 5 heteroatoms. The summed E-state index contributed by atoms with van der Waals surface area (Å²) in [4.78, 5) is 22.6. The van der Waals surface area contributed by atoms with Gasteiger partial charge in [0.2, 0.25) is 11.8 Å². The molecule has 0 spiro atoms. The van der Waals surface area contributed by atoms with Crippen LogP contribution in [0.2, 0.25) is 0 Å². The van der Waals surface area contributed by atoms with E-state index in [-0.39, 0.29) is 17.9 Å². The predicted molar refractivity (Wildman–Crippen MR) is 52.4 cm³/mol. The number of rotatable bonds is 4. The third-order valence-electron chi connectivity index (χ3n) is 2.33. The molecule has 1 aliphatic rings. The van der Waals surface area contributed by atoms with Gasteiger partial charge in [-0.3, -0.25) is 9.59 Å². The molecule has 1 saturated heterocycles. The summed E-state index contributed by atoms with van der Waals surface area (Å²) in [5.41, 5.74) is 5.34. The summed E-state index contributed by atoms with van der Waals surface area (Å²) in [6.07, 6.45) is 2.42. The van der Waals surface area contributed by atoms with Crippen LogP contribution in [-0.2, 0) is 9.59 Å². The zero-order chi connectivity index (χ0) is 10.6. The minimum Gasteiger partial charge on any atom is -0.343 e.